The van der Waals surface area contributed by atoms with Crippen LogP contribution in [0, 0.1) is 0 Å². The van der Waals surface area contributed by atoms with Gasteiger partial charge in [-0.1, -0.05) is 12.1 Å². The highest BCUT2D eigenvalue weighted by Gasteiger charge is 2.40. The van der Waals surface area contributed by atoms with Gasteiger partial charge in [-0.05, 0) is 19.1 Å². The van der Waals surface area contributed by atoms with Crippen molar-refractivity contribution in [2.75, 3.05) is 0 Å². The SMILES string of the molecule is CC(Cl)S(=O)(=O)ON1C(=O)c2ccccc2C1=O. The Morgan fingerprint density at radius 3 is 2.00 bits per heavy atom. The zero-order valence-electron chi connectivity index (χ0n) is 9.16. The molecule has 1 heterocycles. The van der Waals surface area contributed by atoms with E-state index in [0.717, 1.165) is 6.92 Å². The van der Waals surface area contributed by atoms with Crippen molar-refractivity contribution in [2.45, 2.75) is 11.6 Å². The van der Waals surface area contributed by atoms with Crippen molar-refractivity contribution in [3.8, 4) is 0 Å². The topological polar surface area (TPSA) is 80.8 Å². The summed E-state index contributed by atoms with van der Waals surface area (Å²) in [6, 6.07) is 5.95. The molecule has 6 nitrogen and oxygen atoms in total. The first kappa shape index (κ1) is 13.0. The highest BCUT2D eigenvalue weighted by atomic mass is 35.5. The Morgan fingerprint density at radius 1 is 1.17 bits per heavy atom. The Morgan fingerprint density at radius 2 is 1.61 bits per heavy atom. The predicted molar refractivity (Wildman–Crippen MR) is 62.3 cm³/mol. The van der Waals surface area contributed by atoms with Crippen molar-refractivity contribution in [3.63, 3.8) is 0 Å². The molecule has 0 aromatic heterocycles. The number of carbonyl (C=O) groups excluding carboxylic acids is 2. The van der Waals surface area contributed by atoms with Gasteiger partial charge < -0.3 is 0 Å². The summed E-state index contributed by atoms with van der Waals surface area (Å²) in [5.41, 5.74) is 0.194. The normalized spacial score (nSPS) is 16.9. The Balaban J connectivity index is 2.36. The number of fused-ring (bicyclic) bond motifs is 1. The number of hydroxylamine groups is 2. The number of carbonyl (C=O) groups is 2. The lowest BCUT2D eigenvalue weighted by atomic mass is 10.1. The minimum absolute atomic E-state index is 0.0972. The van der Waals surface area contributed by atoms with Crippen LogP contribution < -0.4 is 0 Å². The predicted octanol–water partition coefficient (Wildman–Crippen LogP) is 1.13. The lowest BCUT2D eigenvalue weighted by Crippen LogP contribution is -2.34. The van der Waals surface area contributed by atoms with Crippen LogP contribution in [0.4, 0.5) is 0 Å². The molecule has 1 aliphatic rings. The van der Waals surface area contributed by atoms with Gasteiger partial charge in [0.2, 0.25) is 0 Å². The first-order valence-electron chi connectivity index (χ1n) is 4.90. The molecule has 96 valence electrons. The quantitative estimate of drug-likeness (QED) is 0.615. The molecule has 0 bridgehead atoms. The van der Waals surface area contributed by atoms with Gasteiger partial charge in [-0.2, -0.15) is 8.42 Å². The maximum Gasteiger partial charge on any atom is 0.305 e. The second-order valence-electron chi connectivity index (χ2n) is 3.56. The van der Waals surface area contributed by atoms with E-state index >= 15 is 0 Å². The van der Waals surface area contributed by atoms with Crippen molar-refractivity contribution in [2.24, 2.45) is 0 Å². The van der Waals surface area contributed by atoms with Crippen LogP contribution in [0.1, 0.15) is 27.6 Å². The fourth-order valence-corrected chi connectivity index (χ4v) is 1.96. The molecule has 1 aromatic rings. The highest BCUT2D eigenvalue weighted by Crippen LogP contribution is 2.24. The van der Waals surface area contributed by atoms with Crippen LogP contribution in [-0.4, -0.2) is 30.0 Å². The number of nitrogens with zero attached hydrogens (tertiary/aromatic N) is 1. The summed E-state index contributed by atoms with van der Waals surface area (Å²) in [5.74, 6) is -1.65. The molecule has 1 atom stereocenters. The fraction of sp³-hybridized carbons (Fsp3) is 0.200. The molecule has 2 amide bonds. The van der Waals surface area contributed by atoms with Crippen LogP contribution >= 0.6 is 11.6 Å². The van der Waals surface area contributed by atoms with Gasteiger partial charge in [0.25, 0.3) is 11.8 Å². The number of benzene rings is 1. The molecule has 2 rings (SSSR count). The van der Waals surface area contributed by atoms with Crippen molar-refractivity contribution >= 4 is 33.5 Å². The monoisotopic (exact) mass is 289 g/mol. The summed E-state index contributed by atoms with van der Waals surface area (Å²) in [7, 11) is -4.22. The smallest absolute Gasteiger partial charge is 0.266 e. The van der Waals surface area contributed by atoms with Crippen LogP contribution in [-0.2, 0) is 14.4 Å². The van der Waals surface area contributed by atoms with Crippen molar-refractivity contribution in [3.05, 3.63) is 35.4 Å². The standard InChI is InChI=1S/C10H8ClNO5S/c1-6(11)18(15,16)17-12-9(13)7-4-2-3-5-8(7)10(12)14/h2-6H,1H3. The number of hydrogen-bond donors (Lipinski definition) is 0. The first-order chi connectivity index (χ1) is 8.34. The van der Waals surface area contributed by atoms with E-state index in [4.69, 9.17) is 11.6 Å². The van der Waals surface area contributed by atoms with E-state index in [2.05, 4.69) is 4.28 Å². The zero-order valence-corrected chi connectivity index (χ0v) is 10.7. The van der Waals surface area contributed by atoms with Crippen molar-refractivity contribution in [1.29, 1.82) is 0 Å². The third kappa shape index (κ3) is 2.00. The molecule has 8 heteroatoms. The Hall–Kier alpha value is -1.44. The van der Waals surface area contributed by atoms with E-state index in [1.807, 2.05) is 0 Å². The molecule has 0 radical (unpaired) electrons. The number of hydrogen-bond acceptors (Lipinski definition) is 5. The second-order valence-corrected chi connectivity index (χ2v) is 6.32. The Labute approximate surface area is 108 Å². The van der Waals surface area contributed by atoms with E-state index in [1.165, 1.54) is 12.1 Å². The summed E-state index contributed by atoms with van der Waals surface area (Å²) < 4.78 is 25.9. The van der Waals surface area contributed by atoms with E-state index in [-0.39, 0.29) is 16.2 Å². The van der Waals surface area contributed by atoms with Gasteiger partial charge in [0.15, 0.2) is 4.71 Å². The third-order valence-corrected chi connectivity index (χ3v) is 4.14. The van der Waals surface area contributed by atoms with Gasteiger partial charge in [0.1, 0.15) is 0 Å². The lowest BCUT2D eigenvalue weighted by Gasteiger charge is -2.13. The summed E-state index contributed by atoms with van der Waals surface area (Å²) in [6.07, 6.45) is 0. The molecule has 1 aliphatic heterocycles. The molecular formula is C10H8ClNO5S. The molecule has 0 fully saturated rings. The van der Waals surface area contributed by atoms with Crippen LogP contribution in [0.5, 0.6) is 0 Å². The van der Waals surface area contributed by atoms with Gasteiger partial charge in [-0.25, -0.2) is 0 Å². The average molecular weight is 290 g/mol. The maximum absolute atomic E-state index is 11.8. The summed E-state index contributed by atoms with van der Waals surface area (Å²) in [5, 5.41) is 0.207. The van der Waals surface area contributed by atoms with E-state index in [0.29, 0.717) is 0 Å². The average Bonchev–Trinajstić information content (AvgIpc) is 2.55. The summed E-state index contributed by atoms with van der Waals surface area (Å²) >= 11 is 5.39. The van der Waals surface area contributed by atoms with Gasteiger partial charge >= 0.3 is 10.1 Å². The van der Waals surface area contributed by atoms with Crippen LogP contribution in [0.3, 0.4) is 0 Å². The molecule has 0 N–H and O–H groups in total. The van der Waals surface area contributed by atoms with Gasteiger partial charge in [-0.15, -0.1) is 20.9 Å². The molecule has 18 heavy (non-hydrogen) atoms. The Bertz CT molecular complexity index is 590. The van der Waals surface area contributed by atoms with Gasteiger partial charge in [0, 0.05) is 0 Å². The zero-order chi connectivity index (χ0) is 13.5. The molecule has 1 aromatic carbocycles. The molecule has 0 saturated carbocycles. The van der Waals surface area contributed by atoms with Gasteiger partial charge in [0.05, 0.1) is 11.1 Å². The summed E-state index contributed by atoms with van der Waals surface area (Å²) in [6.45, 7) is 1.16. The van der Waals surface area contributed by atoms with Crippen molar-refractivity contribution < 1.29 is 22.3 Å². The summed E-state index contributed by atoms with van der Waals surface area (Å²) in [4.78, 5) is 23.6. The first-order valence-corrected chi connectivity index (χ1v) is 6.80. The molecule has 1 unspecified atom stereocenters. The maximum atomic E-state index is 11.8. The molecule has 0 aliphatic carbocycles. The van der Waals surface area contributed by atoms with Crippen molar-refractivity contribution in [1.82, 2.24) is 5.06 Å². The highest BCUT2D eigenvalue weighted by molar-refractivity contribution is 7.88. The van der Waals surface area contributed by atoms with E-state index < -0.39 is 26.6 Å². The van der Waals surface area contributed by atoms with Crippen LogP contribution in [0.15, 0.2) is 24.3 Å². The number of imide groups is 1. The van der Waals surface area contributed by atoms with E-state index in [1.54, 1.807) is 12.1 Å². The Kier molecular flexibility index (Phi) is 3.14. The molecular weight excluding hydrogens is 282 g/mol. The van der Waals surface area contributed by atoms with Crippen LogP contribution in [0.2, 0.25) is 0 Å². The minimum Gasteiger partial charge on any atom is -0.266 e. The number of halogens is 1. The number of rotatable bonds is 3. The second kappa shape index (κ2) is 4.34. The van der Waals surface area contributed by atoms with E-state index in [9.17, 15) is 18.0 Å². The van der Waals surface area contributed by atoms with Crippen LogP contribution in [0.25, 0.3) is 0 Å². The molecule has 0 spiro atoms. The van der Waals surface area contributed by atoms with Gasteiger partial charge in [-0.3, -0.25) is 9.59 Å². The largest absolute Gasteiger partial charge is 0.305 e. The number of alkyl halides is 1. The third-order valence-electron chi connectivity index (χ3n) is 2.33. The molecule has 0 saturated heterocycles. The fourth-order valence-electron chi connectivity index (χ4n) is 1.40. The number of amides is 2. The lowest BCUT2D eigenvalue weighted by molar-refractivity contribution is -0.0105. The minimum atomic E-state index is -4.22.